The monoisotopic (exact) mass is 1590 g/mol. The fraction of sp³-hybridized carbons (Fsp3) is 0.958. The Morgan fingerprint density at radius 3 is 0.362 bits per heavy atom. The van der Waals surface area contributed by atoms with Gasteiger partial charge in [0.15, 0.2) is 0 Å². The molecule has 0 N–H and O–H groups in total. The Morgan fingerprint density at radius 1 is 0.162 bits per heavy atom. The van der Waals surface area contributed by atoms with Gasteiger partial charge in [-0.2, -0.15) is 0 Å². The molecule has 0 atom stereocenters. The Labute approximate surface area is 663 Å². The van der Waals surface area contributed by atoms with Gasteiger partial charge < -0.3 is 0 Å². The molecule has 0 saturated carbocycles. The maximum atomic E-state index is 14.2. The summed E-state index contributed by atoms with van der Waals surface area (Å²) in [6.07, 6.45) is 38.0. The summed E-state index contributed by atoms with van der Waals surface area (Å²) in [5, 5.41) is 0. The van der Waals surface area contributed by atoms with Crippen molar-refractivity contribution in [2.24, 2.45) is 86.6 Å². The summed E-state index contributed by atoms with van der Waals surface area (Å²) in [7, 11) is 0. The first-order valence-corrected chi connectivity index (χ1v) is 48.9. The zero-order valence-corrected chi connectivity index (χ0v) is 80.9. The number of rotatable bonds is 48. The summed E-state index contributed by atoms with van der Waals surface area (Å²) in [6.45, 7) is 87.6. The van der Waals surface area contributed by atoms with Crippen LogP contribution in [0.25, 0.3) is 0 Å². The minimum Gasteiger partial charge on any atom is -0.0596 e. The van der Waals surface area contributed by atoms with Gasteiger partial charge in [-0.05, 0) is 86.6 Å². The van der Waals surface area contributed by atoms with E-state index in [1.165, 1.54) is 103 Å². The van der Waals surface area contributed by atoms with Crippen LogP contribution in [-0.4, -0.2) is 43.9 Å². The van der Waals surface area contributed by atoms with Crippen molar-refractivity contribution < 1.29 is 31.5 Å². The van der Waals surface area contributed by atoms with E-state index in [0.717, 1.165) is 103 Å². The van der Waals surface area contributed by atoms with E-state index in [1.54, 1.807) is 0 Å². The first-order valence-electron chi connectivity index (χ1n) is 44.3. The van der Waals surface area contributed by atoms with Gasteiger partial charge in [-0.3, -0.25) is 0 Å². The van der Waals surface area contributed by atoms with E-state index >= 15 is 0 Å². The minimum atomic E-state index is -6.09. The Balaban J connectivity index is 6.50. The van der Waals surface area contributed by atoms with Crippen LogP contribution in [-0.2, 0) is 31.5 Å². The summed E-state index contributed by atoms with van der Waals surface area (Å²) >= 11 is -6.09. The molecule has 0 aliphatic heterocycles. The van der Waals surface area contributed by atoms with Crippen molar-refractivity contribution in [3.63, 3.8) is 0 Å². The Morgan fingerprint density at radius 2 is 0.257 bits per heavy atom. The molecule has 624 valence electrons. The van der Waals surface area contributed by atoms with E-state index in [0.29, 0.717) is 25.7 Å². The third kappa shape index (κ3) is 31.2. The van der Waals surface area contributed by atoms with Crippen LogP contribution in [0.2, 0.25) is 0 Å². The van der Waals surface area contributed by atoms with Gasteiger partial charge in [0, 0.05) is 0 Å². The van der Waals surface area contributed by atoms with Gasteiger partial charge in [0.1, 0.15) is 0 Å². The van der Waals surface area contributed by atoms with Crippen LogP contribution in [0.15, 0.2) is 0 Å². The predicted molar refractivity (Wildman–Crippen MR) is 458 cm³/mol. The Hall–Kier alpha value is -1.32. The molecule has 0 aliphatic carbocycles. The zero-order valence-electron chi connectivity index (χ0n) is 78.1. The molecule has 0 saturated heterocycles. The second kappa shape index (κ2) is 43.2. The van der Waals surface area contributed by atoms with Gasteiger partial charge in [0.05, 0.1) is 0 Å². The SMILES string of the molecule is CC(C)(C)C(CCCCCCCCCCC(=O)[O][Sn]([O]C(=O)CCCCCCCCCCC(C(C)(C)C)(C(C)(C)C)C(C)(C)C)([O]C(=O)CCCCCCCCCCC(C(C)(C)C)(C(C)(C)C)C(C)(C)C)[O]C(=O)CCCCCCCCCCC(C(C)(C)C)(C(C)(C)C)C(C)(C)C)(C(C)(C)C)C(C)(C)C. The van der Waals surface area contributed by atoms with E-state index in [1.807, 2.05) is 0 Å². The van der Waals surface area contributed by atoms with Crippen molar-refractivity contribution in [1.29, 1.82) is 0 Å². The van der Waals surface area contributed by atoms with Gasteiger partial charge in [0.25, 0.3) is 0 Å². The topological polar surface area (TPSA) is 105 Å². The van der Waals surface area contributed by atoms with E-state index in [-0.39, 0.29) is 112 Å². The number of carbonyl (C=O) groups is 4. The molecule has 0 amide bonds. The van der Waals surface area contributed by atoms with Crippen LogP contribution >= 0.6 is 0 Å². The molecule has 0 fully saturated rings. The van der Waals surface area contributed by atoms with Gasteiger partial charge >= 0.3 is 332 Å². The normalized spacial score (nSPS) is 14.4. The Kier molecular flexibility index (Phi) is 42.7. The van der Waals surface area contributed by atoms with Crippen molar-refractivity contribution in [3.8, 4) is 0 Å². The molecule has 0 bridgehead atoms. The summed E-state index contributed by atoms with van der Waals surface area (Å²) in [4.78, 5) is 56.7. The Bertz CT molecular complexity index is 1940. The van der Waals surface area contributed by atoms with Gasteiger partial charge in [-0.25, -0.2) is 0 Å². The minimum absolute atomic E-state index is 0.0553. The second-order valence-electron chi connectivity index (χ2n) is 46.3. The van der Waals surface area contributed by atoms with Crippen LogP contribution in [0.1, 0.15) is 506 Å². The van der Waals surface area contributed by atoms with Crippen molar-refractivity contribution in [2.75, 3.05) is 0 Å². The predicted octanol–water partition coefficient (Wildman–Crippen LogP) is 31.7. The molecular formula is C96H188O8Sn. The van der Waals surface area contributed by atoms with E-state index in [9.17, 15) is 19.2 Å². The molecule has 0 heterocycles. The number of unbranched alkanes of at least 4 members (excludes halogenated alkanes) is 28. The summed E-state index contributed by atoms with van der Waals surface area (Å²) in [5.74, 6) is -2.55. The summed E-state index contributed by atoms with van der Waals surface area (Å²) < 4.78 is 24.7. The molecule has 8 nitrogen and oxygen atoms in total. The average Bonchev–Trinajstić information content (AvgIpc) is 0.753. The van der Waals surface area contributed by atoms with Crippen LogP contribution in [0, 0.1) is 86.6 Å². The molecule has 0 aromatic rings. The van der Waals surface area contributed by atoms with Crippen molar-refractivity contribution in [3.05, 3.63) is 0 Å². The second-order valence-corrected chi connectivity index (χ2v) is 51.5. The molecular weight excluding hydrogens is 1400 g/mol. The summed E-state index contributed by atoms with van der Waals surface area (Å²) in [5.41, 5.74) is 2.71. The van der Waals surface area contributed by atoms with Crippen LogP contribution in [0.3, 0.4) is 0 Å². The van der Waals surface area contributed by atoms with Crippen LogP contribution < -0.4 is 0 Å². The van der Waals surface area contributed by atoms with Crippen molar-refractivity contribution in [2.45, 2.75) is 506 Å². The first kappa shape index (κ1) is 104. The molecule has 0 radical (unpaired) electrons. The van der Waals surface area contributed by atoms with E-state index in [4.69, 9.17) is 12.3 Å². The number of hydrogen-bond donors (Lipinski definition) is 0. The van der Waals surface area contributed by atoms with Crippen molar-refractivity contribution in [1.82, 2.24) is 0 Å². The smallest absolute Gasteiger partial charge is 0.0596 e. The number of hydrogen-bond acceptors (Lipinski definition) is 8. The summed E-state index contributed by atoms with van der Waals surface area (Å²) in [6, 6.07) is 0. The quantitative estimate of drug-likeness (QED) is 0.0438. The van der Waals surface area contributed by atoms with Gasteiger partial charge in [0.2, 0.25) is 0 Å². The van der Waals surface area contributed by atoms with Crippen molar-refractivity contribution >= 4 is 43.9 Å². The van der Waals surface area contributed by atoms with Crippen LogP contribution in [0.5, 0.6) is 0 Å². The molecule has 0 aliphatic rings. The van der Waals surface area contributed by atoms with E-state index < -0.39 is 43.9 Å². The molecule has 0 unspecified atom stereocenters. The van der Waals surface area contributed by atoms with Gasteiger partial charge in [-0.1, -0.05) is 249 Å². The van der Waals surface area contributed by atoms with Gasteiger partial charge in [-0.15, -0.1) is 0 Å². The molecule has 105 heavy (non-hydrogen) atoms. The third-order valence-electron chi connectivity index (χ3n) is 27.1. The van der Waals surface area contributed by atoms with E-state index in [2.05, 4.69) is 249 Å². The zero-order chi connectivity index (χ0) is 81.9. The molecule has 9 heteroatoms. The number of carbonyl (C=O) groups excluding carboxylic acids is 4. The molecule has 0 spiro atoms. The van der Waals surface area contributed by atoms with Crippen LogP contribution in [0.4, 0.5) is 0 Å². The molecule has 0 aromatic heterocycles. The standard InChI is InChI=1S/4C24H48O2.Sn/c4*1-21(2,3)24(22(4,5)6,23(7,8)9)19-17-15-13-11-10-12-14-16-18-20(25)26;/h4*10-19H2,1-9H3,(H,25,26);/q;;;;+4/p-4. The molecule has 0 rings (SSSR count). The molecule has 0 aromatic carbocycles. The third-order valence-corrected chi connectivity index (χ3v) is 32.5. The average molecular weight is 1590 g/mol. The fourth-order valence-electron chi connectivity index (χ4n) is 25.8. The first-order chi connectivity index (χ1) is 47.4. The maximum absolute atomic E-state index is 14.2. The fourth-order valence-corrected chi connectivity index (χ4v) is 30.8.